The Kier molecular flexibility index (Phi) is 3.67. The van der Waals surface area contributed by atoms with E-state index in [9.17, 15) is 9.59 Å². The molecule has 24 heavy (non-hydrogen) atoms. The van der Waals surface area contributed by atoms with Gasteiger partial charge in [-0.1, -0.05) is 37.5 Å². The van der Waals surface area contributed by atoms with E-state index in [2.05, 4.69) is 20.8 Å². The predicted molar refractivity (Wildman–Crippen MR) is 95.5 cm³/mol. The van der Waals surface area contributed by atoms with Crippen molar-refractivity contribution in [3.63, 3.8) is 0 Å². The van der Waals surface area contributed by atoms with Crippen LogP contribution in [0.1, 0.15) is 72.1 Å². The van der Waals surface area contributed by atoms with Crippen molar-refractivity contribution in [1.82, 2.24) is 0 Å². The first-order chi connectivity index (χ1) is 11.4. The lowest BCUT2D eigenvalue weighted by atomic mass is 9.53. The smallest absolute Gasteiger partial charge is 0.155 e. The van der Waals surface area contributed by atoms with E-state index in [0.29, 0.717) is 29.5 Å². The van der Waals surface area contributed by atoms with E-state index in [-0.39, 0.29) is 11.3 Å². The fourth-order valence-corrected chi connectivity index (χ4v) is 6.80. The van der Waals surface area contributed by atoms with Gasteiger partial charge in [-0.15, -0.1) is 0 Å². The molecule has 2 nitrogen and oxygen atoms in total. The minimum Gasteiger partial charge on any atom is -0.303 e. The number of ketones is 1. The van der Waals surface area contributed by atoms with Crippen molar-refractivity contribution in [2.24, 2.45) is 28.6 Å². The summed E-state index contributed by atoms with van der Waals surface area (Å²) in [6.45, 7) is 6.96. The van der Waals surface area contributed by atoms with Gasteiger partial charge in [0.2, 0.25) is 0 Å². The fourth-order valence-electron chi connectivity index (χ4n) is 6.80. The van der Waals surface area contributed by atoms with Gasteiger partial charge in [-0.05, 0) is 68.3 Å². The zero-order chi connectivity index (χ0) is 17.1. The van der Waals surface area contributed by atoms with Crippen LogP contribution in [0.3, 0.4) is 0 Å². The second-order valence-corrected chi connectivity index (χ2v) is 9.21. The molecule has 5 atom stereocenters. The van der Waals surface area contributed by atoms with Gasteiger partial charge in [-0.2, -0.15) is 0 Å². The number of allylic oxidation sites excluding steroid dienone is 4. The summed E-state index contributed by atoms with van der Waals surface area (Å²) in [5.41, 5.74) is 5.25. The molecule has 0 aliphatic heterocycles. The molecule has 1 fully saturated rings. The highest BCUT2D eigenvalue weighted by molar-refractivity contribution is 5.92. The summed E-state index contributed by atoms with van der Waals surface area (Å²) < 4.78 is 0. The Morgan fingerprint density at radius 1 is 1.12 bits per heavy atom. The van der Waals surface area contributed by atoms with Crippen molar-refractivity contribution in [1.29, 1.82) is 0 Å². The molecular weight excluding hydrogens is 296 g/mol. The molecule has 0 aromatic heterocycles. The van der Waals surface area contributed by atoms with E-state index >= 15 is 0 Å². The standard InChI is InChI=1S/C22H30O2/c1-14(13-23)18-6-7-19-17-5-4-15-12-16(24)8-10-21(15,2)20(17)9-11-22(18,19)3/h12-14,18-19H,4-11H2,1-3H3/t14-,18-,19+,21+,22-/m1/s1. The SMILES string of the molecule is C[C@H](C=O)[C@H]1CC[C@H]2C3=C(CC[C@]12C)[C@@]1(C)CCC(=O)C=C1CC3. The molecule has 0 saturated heterocycles. The summed E-state index contributed by atoms with van der Waals surface area (Å²) in [4.78, 5) is 23.3. The number of carbonyl (C=O) groups excluding carboxylic acids is 2. The predicted octanol–water partition coefficient (Wildman–Crippen LogP) is 5.03. The zero-order valence-electron chi connectivity index (χ0n) is 15.4. The summed E-state index contributed by atoms with van der Waals surface area (Å²) in [7, 11) is 0. The largest absolute Gasteiger partial charge is 0.303 e. The maximum absolute atomic E-state index is 11.9. The number of carbonyl (C=O) groups is 2. The van der Waals surface area contributed by atoms with Gasteiger partial charge >= 0.3 is 0 Å². The number of hydrogen-bond acceptors (Lipinski definition) is 2. The van der Waals surface area contributed by atoms with Crippen molar-refractivity contribution in [3.8, 4) is 0 Å². The molecule has 0 radical (unpaired) electrons. The van der Waals surface area contributed by atoms with Crippen LogP contribution in [-0.2, 0) is 9.59 Å². The maximum atomic E-state index is 11.9. The van der Waals surface area contributed by atoms with E-state index in [1.807, 2.05) is 6.08 Å². The first kappa shape index (κ1) is 16.3. The third-order valence-electron chi connectivity index (χ3n) is 8.23. The van der Waals surface area contributed by atoms with E-state index in [0.717, 1.165) is 19.3 Å². The van der Waals surface area contributed by atoms with E-state index in [4.69, 9.17) is 0 Å². The van der Waals surface area contributed by atoms with Crippen LogP contribution in [0.15, 0.2) is 22.8 Å². The molecule has 2 heteroatoms. The highest BCUT2D eigenvalue weighted by Crippen LogP contribution is 2.64. The van der Waals surface area contributed by atoms with Crippen molar-refractivity contribution in [2.75, 3.05) is 0 Å². The minimum absolute atomic E-state index is 0.150. The number of aldehydes is 1. The number of hydrogen-bond donors (Lipinski definition) is 0. The molecule has 1 saturated carbocycles. The lowest BCUT2D eigenvalue weighted by molar-refractivity contribution is -0.115. The lowest BCUT2D eigenvalue weighted by Gasteiger charge is -2.51. The molecule has 0 unspecified atom stereocenters. The third kappa shape index (κ3) is 2.07. The van der Waals surface area contributed by atoms with Gasteiger partial charge in [0.25, 0.3) is 0 Å². The average Bonchev–Trinajstić information content (AvgIpc) is 2.92. The van der Waals surface area contributed by atoms with Gasteiger partial charge in [-0.3, -0.25) is 4.79 Å². The molecule has 0 amide bonds. The Bertz CT molecular complexity index is 655. The fraction of sp³-hybridized carbons (Fsp3) is 0.727. The van der Waals surface area contributed by atoms with E-state index in [1.54, 1.807) is 11.1 Å². The van der Waals surface area contributed by atoms with E-state index in [1.165, 1.54) is 37.5 Å². The molecule has 0 bridgehead atoms. The van der Waals surface area contributed by atoms with Gasteiger partial charge < -0.3 is 4.79 Å². The Hall–Kier alpha value is -1.18. The van der Waals surface area contributed by atoms with Gasteiger partial charge in [0.1, 0.15) is 6.29 Å². The highest BCUT2D eigenvalue weighted by atomic mass is 16.1. The molecule has 4 aliphatic rings. The molecule has 0 aromatic rings. The zero-order valence-corrected chi connectivity index (χ0v) is 15.4. The Labute approximate surface area is 145 Å². The van der Waals surface area contributed by atoms with Gasteiger partial charge in [0.05, 0.1) is 0 Å². The molecule has 4 rings (SSSR count). The quantitative estimate of drug-likeness (QED) is 0.526. The van der Waals surface area contributed by atoms with Crippen LogP contribution in [0.2, 0.25) is 0 Å². The van der Waals surface area contributed by atoms with Crippen LogP contribution in [0, 0.1) is 28.6 Å². The van der Waals surface area contributed by atoms with Crippen LogP contribution < -0.4 is 0 Å². The van der Waals surface area contributed by atoms with Crippen molar-refractivity contribution < 1.29 is 9.59 Å². The lowest BCUT2D eigenvalue weighted by Crippen LogP contribution is -2.41. The second kappa shape index (κ2) is 5.41. The molecule has 130 valence electrons. The van der Waals surface area contributed by atoms with Crippen LogP contribution >= 0.6 is 0 Å². The van der Waals surface area contributed by atoms with Crippen LogP contribution in [0.5, 0.6) is 0 Å². The van der Waals surface area contributed by atoms with Gasteiger partial charge in [0.15, 0.2) is 5.78 Å². The van der Waals surface area contributed by atoms with Crippen LogP contribution in [0.4, 0.5) is 0 Å². The Morgan fingerprint density at radius 3 is 2.67 bits per heavy atom. The highest BCUT2D eigenvalue weighted by Gasteiger charge is 2.54. The monoisotopic (exact) mass is 326 g/mol. The summed E-state index contributed by atoms with van der Waals surface area (Å²) in [6, 6.07) is 0. The normalized spacial score (nSPS) is 42.8. The Morgan fingerprint density at radius 2 is 1.92 bits per heavy atom. The number of rotatable bonds is 2. The van der Waals surface area contributed by atoms with Gasteiger partial charge in [-0.25, -0.2) is 0 Å². The van der Waals surface area contributed by atoms with Crippen molar-refractivity contribution in [2.45, 2.75) is 72.1 Å². The minimum atomic E-state index is 0.150. The van der Waals surface area contributed by atoms with Crippen LogP contribution in [0.25, 0.3) is 0 Å². The topological polar surface area (TPSA) is 34.1 Å². The molecule has 0 spiro atoms. The third-order valence-corrected chi connectivity index (χ3v) is 8.23. The van der Waals surface area contributed by atoms with E-state index < -0.39 is 0 Å². The molecule has 0 aromatic carbocycles. The first-order valence-electron chi connectivity index (χ1n) is 9.82. The second-order valence-electron chi connectivity index (χ2n) is 9.21. The maximum Gasteiger partial charge on any atom is 0.155 e. The summed E-state index contributed by atoms with van der Waals surface area (Å²) in [5, 5.41) is 0. The Balaban J connectivity index is 1.74. The summed E-state index contributed by atoms with van der Waals surface area (Å²) in [5.74, 6) is 1.73. The molecule has 4 aliphatic carbocycles. The van der Waals surface area contributed by atoms with Gasteiger partial charge in [0, 0.05) is 17.8 Å². The number of fused-ring (bicyclic) bond motifs is 4. The van der Waals surface area contributed by atoms with Crippen molar-refractivity contribution >= 4 is 12.1 Å². The summed E-state index contributed by atoms with van der Waals surface area (Å²) >= 11 is 0. The molecule has 0 N–H and O–H groups in total. The first-order valence-corrected chi connectivity index (χ1v) is 9.82. The van der Waals surface area contributed by atoms with Crippen LogP contribution in [-0.4, -0.2) is 12.1 Å². The van der Waals surface area contributed by atoms with Crippen molar-refractivity contribution in [3.05, 3.63) is 22.8 Å². The molecule has 0 heterocycles. The molecular formula is C22H30O2. The average molecular weight is 326 g/mol. The summed E-state index contributed by atoms with van der Waals surface area (Å²) in [6.07, 6.45) is 11.9.